The predicted octanol–water partition coefficient (Wildman–Crippen LogP) is 1.98. The molecule has 3 rings (SSSR count). The Bertz CT molecular complexity index is 607. The first kappa shape index (κ1) is 12.7. The fourth-order valence-electron chi connectivity index (χ4n) is 2.21. The van der Waals surface area contributed by atoms with E-state index in [0.29, 0.717) is 0 Å². The van der Waals surface area contributed by atoms with Crippen LogP contribution in [0.1, 0.15) is 12.8 Å². The lowest BCUT2D eigenvalue weighted by Gasteiger charge is -2.20. The fourth-order valence-corrected chi connectivity index (χ4v) is 2.21. The minimum atomic E-state index is 0.236. The van der Waals surface area contributed by atoms with Crippen LogP contribution in [-0.2, 0) is 11.8 Å². The van der Waals surface area contributed by atoms with E-state index in [4.69, 9.17) is 4.74 Å². The third kappa shape index (κ3) is 2.79. The number of aromatic nitrogens is 4. The summed E-state index contributed by atoms with van der Waals surface area (Å²) in [6, 6.07) is 8.07. The van der Waals surface area contributed by atoms with Gasteiger partial charge in [0.05, 0.1) is 12.8 Å². The zero-order chi connectivity index (χ0) is 13.8. The molecule has 1 unspecified atom stereocenters. The van der Waals surface area contributed by atoms with E-state index in [0.717, 1.165) is 36.5 Å². The minimum Gasteiger partial charge on any atom is -0.497 e. The van der Waals surface area contributed by atoms with E-state index in [-0.39, 0.29) is 6.10 Å². The van der Waals surface area contributed by atoms with Gasteiger partial charge in [-0.25, -0.2) is 4.68 Å². The highest BCUT2D eigenvalue weighted by Gasteiger charge is 2.11. The second-order valence-electron chi connectivity index (χ2n) is 4.80. The largest absolute Gasteiger partial charge is 0.497 e. The molecule has 6 heteroatoms. The second kappa shape index (κ2) is 5.73. The Morgan fingerprint density at radius 1 is 1.45 bits per heavy atom. The average Bonchev–Trinajstić information content (AvgIpc) is 2.93. The van der Waals surface area contributed by atoms with E-state index >= 15 is 0 Å². The number of benzene rings is 1. The lowest BCUT2D eigenvalue weighted by atomic mass is 10.1. The number of nitrogens with one attached hydrogen (secondary N) is 1. The Hall–Kier alpha value is -2.37. The first-order valence-corrected chi connectivity index (χ1v) is 6.70. The van der Waals surface area contributed by atoms with Crippen LogP contribution in [0.2, 0.25) is 0 Å². The van der Waals surface area contributed by atoms with Crippen molar-refractivity contribution in [3.05, 3.63) is 36.6 Å². The first-order valence-electron chi connectivity index (χ1n) is 6.70. The number of allylic oxidation sites excluding steroid dienone is 1. The minimum absolute atomic E-state index is 0.236. The van der Waals surface area contributed by atoms with Crippen LogP contribution in [0.5, 0.6) is 0 Å². The molecule has 0 radical (unpaired) electrons. The van der Waals surface area contributed by atoms with E-state index in [1.54, 1.807) is 10.9 Å². The van der Waals surface area contributed by atoms with Gasteiger partial charge in [0.1, 0.15) is 6.10 Å². The maximum absolute atomic E-state index is 5.54. The molecule has 0 spiro atoms. The summed E-state index contributed by atoms with van der Waals surface area (Å²) in [5.41, 5.74) is 2.04. The molecule has 1 N–H and O–H groups in total. The summed E-state index contributed by atoms with van der Waals surface area (Å²) in [4.78, 5) is 0. The van der Waals surface area contributed by atoms with Gasteiger partial charge < -0.3 is 10.1 Å². The molecule has 1 aromatic carbocycles. The molecule has 20 heavy (non-hydrogen) atoms. The molecule has 2 aromatic rings. The van der Waals surface area contributed by atoms with Crippen LogP contribution in [0.25, 0.3) is 11.4 Å². The maximum atomic E-state index is 5.54. The monoisotopic (exact) mass is 271 g/mol. The van der Waals surface area contributed by atoms with Crippen LogP contribution in [0.15, 0.2) is 36.6 Å². The summed E-state index contributed by atoms with van der Waals surface area (Å²) in [5.74, 6) is 0.755. The van der Waals surface area contributed by atoms with Crippen molar-refractivity contribution < 1.29 is 4.74 Å². The standard InChI is InChI=1S/C14H17N5O/c1-19-14(16-17-18-19)11-5-4-6-12(9-11)15-10-13-7-2-3-8-20-13/h3-6,8-9,13,15H,2,7,10H2,1H3. The van der Waals surface area contributed by atoms with Gasteiger partial charge in [-0.2, -0.15) is 0 Å². The normalized spacial score (nSPS) is 17.8. The number of hydrogen-bond acceptors (Lipinski definition) is 5. The number of ether oxygens (including phenoxy) is 1. The number of hydrogen-bond donors (Lipinski definition) is 1. The number of rotatable bonds is 4. The van der Waals surface area contributed by atoms with E-state index in [2.05, 4.69) is 26.9 Å². The maximum Gasteiger partial charge on any atom is 0.181 e. The smallest absolute Gasteiger partial charge is 0.181 e. The number of tetrazole rings is 1. The zero-order valence-corrected chi connectivity index (χ0v) is 11.4. The third-order valence-electron chi connectivity index (χ3n) is 3.30. The van der Waals surface area contributed by atoms with Crippen molar-refractivity contribution in [2.45, 2.75) is 18.9 Å². The summed E-state index contributed by atoms with van der Waals surface area (Å²) in [7, 11) is 1.83. The van der Waals surface area contributed by atoms with Gasteiger partial charge in [0, 0.05) is 18.3 Å². The molecule has 1 aliphatic heterocycles. The van der Waals surface area contributed by atoms with Crippen LogP contribution in [-0.4, -0.2) is 32.9 Å². The molecule has 2 heterocycles. The first-order chi connectivity index (χ1) is 9.83. The number of anilines is 1. The molecular weight excluding hydrogens is 254 g/mol. The highest BCUT2D eigenvalue weighted by molar-refractivity contribution is 5.62. The number of nitrogens with zero attached hydrogens (tertiary/aromatic N) is 4. The molecule has 6 nitrogen and oxygen atoms in total. The van der Waals surface area contributed by atoms with Crippen molar-refractivity contribution >= 4 is 5.69 Å². The van der Waals surface area contributed by atoms with Gasteiger partial charge in [0.25, 0.3) is 0 Å². The Labute approximate surface area is 117 Å². The van der Waals surface area contributed by atoms with Crippen molar-refractivity contribution in [3.63, 3.8) is 0 Å². The van der Waals surface area contributed by atoms with Crippen LogP contribution < -0.4 is 5.32 Å². The molecular formula is C14H17N5O. The topological polar surface area (TPSA) is 64.9 Å². The van der Waals surface area contributed by atoms with E-state index < -0.39 is 0 Å². The van der Waals surface area contributed by atoms with Crippen LogP contribution in [0.3, 0.4) is 0 Å². The fraction of sp³-hybridized carbons (Fsp3) is 0.357. The molecule has 0 fully saturated rings. The summed E-state index contributed by atoms with van der Waals surface area (Å²) in [6.07, 6.45) is 6.21. The SMILES string of the molecule is Cn1nnnc1-c1cccc(NCC2CCC=CO2)c1. The van der Waals surface area contributed by atoms with E-state index in [1.165, 1.54) is 0 Å². The predicted molar refractivity (Wildman–Crippen MR) is 76.0 cm³/mol. The van der Waals surface area contributed by atoms with Crippen molar-refractivity contribution in [2.24, 2.45) is 7.05 Å². The van der Waals surface area contributed by atoms with Crippen molar-refractivity contribution in [3.8, 4) is 11.4 Å². The van der Waals surface area contributed by atoms with Gasteiger partial charge in [0.2, 0.25) is 0 Å². The highest BCUT2D eigenvalue weighted by Crippen LogP contribution is 2.20. The molecule has 104 valence electrons. The van der Waals surface area contributed by atoms with E-state index in [1.807, 2.05) is 31.3 Å². The van der Waals surface area contributed by atoms with Gasteiger partial charge in [-0.1, -0.05) is 12.1 Å². The van der Waals surface area contributed by atoms with Crippen LogP contribution >= 0.6 is 0 Å². The van der Waals surface area contributed by atoms with Gasteiger partial charge >= 0.3 is 0 Å². The highest BCUT2D eigenvalue weighted by atomic mass is 16.5. The molecule has 0 saturated heterocycles. The summed E-state index contributed by atoms with van der Waals surface area (Å²) >= 11 is 0. The average molecular weight is 271 g/mol. The van der Waals surface area contributed by atoms with Crippen molar-refractivity contribution in [1.82, 2.24) is 20.2 Å². The lowest BCUT2D eigenvalue weighted by molar-refractivity contribution is 0.135. The zero-order valence-electron chi connectivity index (χ0n) is 11.4. The van der Waals surface area contributed by atoms with E-state index in [9.17, 15) is 0 Å². The van der Waals surface area contributed by atoms with Crippen LogP contribution in [0.4, 0.5) is 5.69 Å². The molecule has 1 aromatic heterocycles. The van der Waals surface area contributed by atoms with Gasteiger partial charge in [-0.15, -0.1) is 5.10 Å². The molecule has 0 saturated carbocycles. The summed E-state index contributed by atoms with van der Waals surface area (Å²) in [6.45, 7) is 0.796. The third-order valence-corrected chi connectivity index (χ3v) is 3.30. The summed E-state index contributed by atoms with van der Waals surface area (Å²) in [5, 5.41) is 14.9. The Morgan fingerprint density at radius 2 is 2.40 bits per heavy atom. The van der Waals surface area contributed by atoms with Crippen LogP contribution in [0, 0.1) is 0 Å². The van der Waals surface area contributed by atoms with Crippen molar-refractivity contribution in [1.29, 1.82) is 0 Å². The Balaban J connectivity index is 1.68. The quantitative estimate of drug-likeness (QED) is 0.921. The Morgan fingerprint density at radius 3 is 3.15 bits per heavy atom. The Kier molecular flexibility index (Phi) is 3.62. The molecule has 0 amide bonds. The molecule has 1 atom stereocenters. The van der Waals surface area contributed by atoms with Gasteiger partial charge in [-0.05, 0) is 41.5 Å². The summed E-state index contributed by atoms with van der Waals surface area (Å²) < 4.78 is 7.20. The molecule has 1 aliphatic rings. The lowest BCUT2D eigenvalue weighted by Crippen LogP contribution is -2.22. The van der Waals surface area contributed by atoms with Crippen molar-refractivity contribution in [2.75, 3.05) is 11.9 Å². The van der Waals surface area contributed by atoms with Gasteiger partial charge in [0.15, 0.2) is 5.82 Å². The number of aryl methyl sites for hydroxylation is 1. The second-order valence-corrected chi connectivity index (χ2v) is 4.80. The van der Waals surface area contributed by atoms with Gasteiger partial charge in [-0.3, -0.25) is 0 Å². The molecule has 0 bridgehead atoms. The molecule has 0 aliphatic carbocycles.